The number of anilines is 2. The third-order valence-electron chi connectivity index (χ3n) is 3.10. The maximum absolute atomic E-state index is 14.5. The molecule has 0 saturated carbocycles. The van der Waals surface area contributed by atoms with E-state index in [1.807, 2.05) is 27.7 Å². The Morgan fingerprint density at radius 3 is 2.38 bits per heavy atom. The van der Waals surface area contributed by atoms with E-state index in [0.717, 1.165) is 11.5 Å². The Balaban J connectivity index is 0.000000791. The van der Waals surface area contributed by atoms with E-state index in [2.05, 4.69) is 14.9 Å². The van der Waals surface area contributed by atoms with Crippen LogP contribution in [0.1, 0.15) is 43.6 Å². The summed E-state index contributed by atoms with van der Waals surface area (Å²) >= 11 is 0.887. The molecule has 0 fully saturated rings. The predicted molar refractivity (Wildman–Crippen MR) is 101 cm³/mol. The molecule has 2 N–H and O–H groups in total. The zero-order chi connectivity index (χ0) is 19.9. The number of nitrogens with zero attached hydrogens (tertiary/aromatic N) is 2. The van der Waals surface area contributed by atoms with Gasteiger partial charge in [-0.25, -0.2) is 13.6 Å². The van der Waals surface area contributed by atoms with Crippen LogP contribution < -0.4 is 5.32 Å². The highest BCUT2D eigenvalue weighted by molar-refractivity contribution is 7.13. The number of hydrogen-bond donors (Lipinski definition) is 2. The molecule has 0 aliphatic heterocycles. The van der Waals surface area contributed by atoms with Crippen molar-refractivity contribution in [3.63, 3.8) is 0 Å². The Morgan fingerprint density at radius 2 is 1.81 bits per heavy atom. The smallest absolute Gasteiger partial charge is 0.337 e. The van der Waals surface area contributed by atoms with Crippen molar-refractivity contribution in [2.75, 3.05) is 5.32 Å². The normalized spacial score (nSPS) is 9.65. The van der Waals surface area contributed by atoms with Gasteiger partial charge in [0.15, 0.2) is 5.82 Å². The Bertz CT molecular complexity index is 898. The van der Waals surface area contributed by atoms with Crippen LogP contribution in [0.15, 0.2) is 24.3 Å². The number of nitrogens with one attached hydrogen (secondary N) is 1. The molecule has 0 aliphatic rings. The summed E-state index contributed by atoms with van der Waals surface area (Å²) in [4.78, 5) is 11.3. The molecule has 3 aromatic rings. The summed E-state index contributed by atoms with van der Waals surface area (Å²) in [6, 6.07) is 5.58. The van der Waals surface area contributed by atoms with Gasteiger partial charge >= 0.3 is 5.97 Å². The fourth-order valence-corrected chi connectivity index (χ4v) is 2.63. The summed E-state index contributed by atoms with van der Waals surface area (Å²) in [6.45, 7) is 9.71. The van der Waals surface area contributed by atoms with Gasteiger partial charge in [0.25, 0.3) is 0 Å². The number of carboxylic acid groups (broad SMARTS) is 1. The van der Waals surface area contributed by atoms with Crippen LogP contribution in [0.4, 0.5) is 20.2 Å². The molecule has 0 spiro atoms. The topological polar surface area (TPSA) is 75.1 Å². The zero-order valence-electron chi connectivity index (χ0n) is 15.2. The first-order valence-electron chi connectivity index (χ1n) is 8.18. The summed E-state index contributed by atoms with van der Waals surface area (Å²) in [5.41, 5.74) is -0.0211. The number of aryl methyl sites for hydroxylation is 1. The fraction of sp³-hybridized carbons (Fsp3) is 0.278. The van der Waals surface area contributed by atoms with E-state index in [-0.39, 0.29) is 22.5 Å². The van der Waals surface area contributed by atoms with Crippen molar-refractivity contribution < 1.29 is 18.7 Å². The second-order valence-electron chi connectivity index (χ2n) is 4.65. The number of carboxylic acids is 1. The van der Waals surface area contributed by atoms with Gasteiger partial charge in [-0.1, -0.05) is 38.2 Å². The number of hydrogen-bond acceptors (Lipinski definition) is 5. The van der Waals surface area contributed by atoms with Crippen LogP contribution in [-0.4, -0.2) is 20.7 Å². The SMILES string of the molecule is CC.CC.Cc1ccc(Nc2c(C(=O)O)cc3snnc3c2F)c(F)c1. The third-order valence-corrected chi connectivity index (χ3v) is 3.77. The van der Waals surface area contributed by atoms with Gasteiger partial charge in [-0.15, -0.1) is 5.10 Å². The second kappa shape index (κ2) is 9.76. The van der Waals surface area contributed by atoms with Crippen molar-refractivity contribution in [1.29, 1.82) is 0 Å². The number of rotatable bonds is 3. The van der Waals surface area contributed by atoms with Crippen LogP contribution in [0.3, 0.4) is 0 Å². The lowest BCUT2D eigenvalue weighted by atomic mass is 10.1. The number of carbonyl (C=O) groups is 1. The largest absolute Gasteiger partial charge is 0.478 e. The van der Waals surface area contributed by atoms with Gasteiger partial charge in [-0.3, -0.25) is 0 Å². The standard InChI is InChI=1S/C14H9F2N3O2S.2C2H6/c1-6-2-3-9(8(15)4-6)17-12-7(14(20)21)5-10-13(11(12)16)18-19-22-10;2*1-2/h2-5,17H,1H3,(H,20,21);2*1-2H3. The summed E-state index contributed by atoms with van der Waals surface area (Å²) < 4.78 is 32.3. The molecule has 0 amide bonds. The quantitative estimate of drug-likeness (QED) is 0.602. The van der Waals surface area contributed by atoms with Crippen molar-refractivity contribution in [1.82, 2.24) is 9.59 Å². The number of fused-ring (bicyclic) bond motifs is 1. The second-order valence-corrected chi connectivity index (χ2v) is 5.43. The predicted octanol–water partition coefficient (Wildman–Crippen LogP) is 5.77. The van der Waals surface area contributed by atoms with Crippen LogP contribution >= 0.6 is 11.5 Å². The third kappa shape index (κ3) is 4.51. The Labute approximate surface area is 154 Å². The van der Waals surface area contributed by atoms with E-state index < -0.39 is 17.6 Å². The number of aromatic carboxylic acids is 1. The number of benzene rings is 2. The van der Waals surface area contributed by atoms with Gasteiger partial charge in [0, 0.05) is 0 Å². The number of halogens is 2. The Kier molecular flexibility index (Phi) is 8.05. The van der Waals surface area contributed by atoms with Gasteiger partial charge < -0.3 is 10.4 Å². The molecule has 0 unspecified atom stereocenters. The molecule has 0 aliphatic carbocycles. The van der Waals surface area contributed by atoms with Gasteiger partial charge in [0.2, 0.25) is 0 Å². The van der Waals surface area contributed by atoms with Gasteiger partial charge in [-0.2, -0.15) is 0 Å². The molecule has 140 valence electrons. The van der Waals surface area contributed by atoms with Crippen molar-refractivity contribution in [3.05, 3.63) is 47.0 Å². The fourth-order valence-electron chi connectivity index (χ4n) is 2.03. The van der Waals surface area contributed by atoms with E-state index in [1.165, 1.54) is 18.2 Å². The van der Waals surface area contributed by atoms with Crippen molar-refractivity contribution >= 4 is 39.1 Å². The molecule has 8 heteroatoms. The molecule has 26 heavy (non-hydrogen) atoms. The molecule has 1 heterocycles. The molecule has 0 atom stereocenters. The van der Waals surface area contributed by atoms with Gasteiger partial charge in [-0.05, 0) is 42.2 Å². The van der Waals surface area contributed by atoms with E-state index in [9.17, 15) is 18.7 Å². The maximum Gasteiger partial charge on any atom is 0.337 e. The van der Waals surface area contributed by atoms with Gasteiger partial charge in [0.05, 0.1) is 21.6 Å². The number of aromatic nitrogens is 2. The van der Waals surface area contributed by atoms with Crippen LogP contribution in [-0.2, 0) is 0 Å². The van der Waals surface area contributed by atoms with Crippen LogP contribution in [0, 0.1) is 18.6 Å². The summed E-state index contributed by atoms with van der Waals surface area (Å²) in [5.74, 6) is -2.81. The lowest BCUT2D eigenvalue weighted by molar-refractivity contribution is 0.0697. The molecule has 0 saturated heterocycles. The van der Waals surface area contributed by atoms with Crippen molar-refractivity contribution in [2.45, 2.75) is 34.6 Å². The Morgan fingerprint density at radius 1 is 1.15 bits per heavy atom. The average Bonchev–Trinajstić information content (AvgIpc) is 3.11. The van der Waals surface area contributed by atoms with E-state index >= 15 is 0 Å². The minimum Gasteiger partial charge on any atom is -0.478 e. The lowest BCUT2D eigenvalue weighted by Gasteiger charge is -2.12. The zero-order valence-corrected chi connectivity index (χ0v) is 16.0. The molecule has 0 radical (unpaired) electrons. The van der Waals surface area contributed by atoms with E-state index in [1.54, 1.807) is 13.0 Å². The van der Waals surface area contributed by atoms with Crippen LogP contribution in [0.25, 0.3) is 10.2 Å². The highest BCUT2D eigenvalue weighted by Gasteiger charge is 2.21. The summed E-state index contributed by atoms with van der Waals surface area (Å²) in [7, 11) is 0. The minimum atomic E-state index is -1.33. The van der Waals surface area contributed by atoms with E-state index in [0.29, 0.717) is 10.3 Å². The van der Waals surface area contributed by atoms with Crippen LogP contribution in [0.2, 0.25) is 0 Å². The molecule has 0 bridgehead atoms. The first-order valence-corrected chi connectivity index (χ1v) is 8.95. The van der Waals surface area contributed by atoms with Gasteiger partial charge in [0.1, 0.15) is 11.3 Å². The highest BCUT2D eigenvalue weighted by atomic mass is 32.1. The van der Waals surface area contributed by atoms with Crippen molar-refractivity contribution in [2.24, 2.45) is 0 Å². The maximum atomic E-state index is 14.5. The van der Waals surface area contributed by atoms with Crippen LogP contribution in [0.5, 0.6) is 0 Å². The monoisotopic (exact) mass is 381 g/mol. The van der Waals surface area contributed by atoms with Crippen molar-refractivity contribution in [3.8, 4) is 0 Å². The molecule has 1 aromatic heterocycles. The summed E-state index contributed by atoms with van der Waals surface area (Å²) in [6.07, 6.45) is 0. The van der Waals surface area contributed by atoms with E-state index in [4.69, 9.17) is 0 Å². The molecule has 5 nitrogen and oxygen atoms in total. The minimum absolute atomic E-state index is 0.0189. The average molecular weight is 381 g/mol. The highest BCUT2D eigenvalue weighted by Crippen LogP contribution is 2.32. The molecular weight excluding hydrogens is 360 g/mol. The molecule has 2 aromatic carbocycles. The Hall–Kier alpha value is -2.61. The first kappa shape index (κ1) is 21.4. The first-order chi connectivity index (χ1) is 12.5. The summed E-state index contributed by atoms with van der Waals surface area (Å²) in [5, 5.41) is 15.4. The lowest BCUT2D eigenvalue weighted by Crippen LogP contribution is -2.06. The molecule has 3 rings (SSSR count). The molecular formula is C18H21F2N3O2S.